The maximum atomic E-state index is 11.9. The van der Waals surface area contributed by atoms with Crippen molar-refractivity contribution >= 4 is 11.6 Å². The molecule has 1 amide bonds. The Morgan fingerprint density at radius 1 is 1.26 bits per heavy atom. The fraction of sp³-hybridized carbons (Fsp3) is 0.533. The molecule has 0 saturated heterocycles. The number of amides is 1. The smallest absolute Gasteiger partial charge is 0.256 e. The molecule has 0 radical (unpaired) electrons. The number of rotatable bonds is 6. The molecule has 0 bridgehead atoms. The third kappa shape index (κ3) is 5.01. The molecule has 0 heterocycles. The van der Waals surface area contributed by atoms with Crippen molar-refractivity contribution in [2.24, 2.45) is 0 Å². The number of nitrogens with one attached hydrogen (secondary N) is 2. The summed E-state index contributed by atoms with van der Waals surface area (Å²) < 4.78 is 5.14. The van der Waals surface area contributed by atoms with Gasteiger partial charge in [0.25, 0.3) is 5.91 Å². The number of ether oxygens (including phenoxy) is 1. The zero-order valence-corrected chi connectivity index (χ0v) is 12.4. The van der Waals surface area contributed by atoms with Crippen LogP contribution in [0.5, 0.6) is 0 Å². The molecule has 0 atom stereocenters. The first-order valence-corrected chi connectivity index (χ1v) is 6.54. The molecular formula is C15H24N2O2. The number of carbonyl (C=O) groups is 1. The molecule has 1 rings (SSSR count). The molecular weight excluding hydrogens is 240 g/mol. The van der Waals surface area contributed by atoms with Gasteiger partial charge >= 0.3 is 0 Å². The largest absolute Gasteiger partial charge is 0.369 e. The van der Waals surface area contributed by atoms with Gasteiger partial charge in [0.05, 0.1) is 0 Å². The minimum absolute atomic E-state index is 0.150. The summed E-state index contributed by atoms with van der Waals surface area (Å²) in [4.78, 5) is 11.9. The standard InChI is InChI=1S/C15H24N2O2/c1-11(2)16-10-12-6-8-13(9-7-12)17-14(18)15(3,4)19-5/h6-9,11,16H,10H2,1-5H3,(H,17,18). The summed E-state index contributed by atoms with van der Waals surface area (Å²) in [5.74, 6) is -0.150. The van der Waals surface area contributed by atoms with E-state index in [9.17, 15) is 4.79 Å². The van der Waals surface area contributed by atoms with Crippen molar-refractivity contribution in [2.75, 3.05) is 12.4 Å². The predicted octanol–water partition coefficient (Wildman–Crippen LogP) is 2.55. The summed E-state index contributed by atoms with van der Waals surface area (Å²) in [6.07, 6.45) is 0. The monoisotopic (exact) mass is 264 g/mol. The molecule has 0 unspecified atom stereocenters. The topological polar surface area (TPSA) is 50.4 Å². The van der Waals surface area contributed by atoms with Crippen molar-refractivity contribution in [3.63, 3.8) is 0 Å². The van der Waals surface area contributed by atoms with Crippen LogP contribution in [-0.4, -0.2) is 24.7 Å². The summed E-state index contributed by atoms with van der Waals surface area (Å²) in [6.45, 7) is 8.53. The Balaban J connectivity index is 2.60. The fourth-order valence-electron chi connectivity index (χ4n) is 1.40. The van der Waals surface area contributed by atoms with Crippen LogP contribution in [0.4, 0.5) is 5.69 Å². The van der Waals surface area contributed by atoms with E-state index >= 15 is 0 Å². The van der Waals surface area contributed by atoms with Crippen LogP contribution in [0.25, 0.3) is 0 Å². The summed E-state index contributed by atoms with van der Waals surface area (Å²) in [6, 6.07) is 8.28. The Kier molecular flexibility index (Phi) is 5.51. The van der Waals surface area contributed by atoms with Gasteiger partial charge in [-0.05, 0) is 31.5 Å². The quantitative estimate of drug-likeness (QED) is 0.830. The Morgan fingerprint density at radius 3 is 2.32 bits per heavy atom. The van der Waals surface area contributed by atoms with Crippen LogP contribution >= 0.6 is 0 Å². The highest BCUT2D eigenvalue weighted by molar-refractivity contribution is 5.96. The first-order chi connectivity index (χ1) is 8.85. The van der Waals surface area contributed by atoms with Gasteiger partial charge in [-0.2, -0.15) is 0 Å². The Labute approximate surface area is 115 Å². The van der Waals surface area contributed by atoms with Gasteiger partial charge in [0.15, 0.2) is 0 Å². The minimum Gasteiger partial charge on any atom is -0.369 e. The second kappa shape index (κ2) is 6.68. The summed E-state index contributed by atoms with van der Waals surface area (Å²) in [7, 11) is 1.53. The molecule has 0 saturated carbocycles. The van der Waals surface area contributed by atoms with Crippen LogP contribution < -0.4 is 10.6 Å². The third-order valence-electron chi connectivity index (χ3n) is 2.98. The third-order valence-corrected chi connectivity index (χ3v) is 2.98. The zero-order chi connectivity index (χ0) is 14.5. The number of carbonyl (C=O) groups excluding carboxylic acids is 1. The number of anilines is 1. The van der Waals surface area contributed by atoms with E-state index < -0.39 is 5.60 Å². The molecule has 0 aliphatic rings. The second-order valence-corrected chi connectivity index (χ2v) is 5.40. The molecule has 4 nitrogen and oxygen atoms in total. The van der Waals surface area contributed by atoms with E-state index in [1.54, 1.807) is 13.8 Å². The van der Waals surface area contributed by atoms with E-state index in [0.717, 1.165) is 12.2 Å². The van der Waals surface area contributed by atoms with Gasteiger partial charge in [-0.1, -0.05) is 26.0 Å². The lowest BCUT2D eigenvalue weighted by molar-refractivity contribution is -0.133. The summed E-state index contributed by atoms with van der Waals surface area (Å²) in [5, 5.41) is 6.19. The molecule has 0 spiro atoms. The van der Waals surface area contributed by atoms with E-state index in [4.69, 9.17) is 4.74 Å². The number of hydrogen-bond acceptors (Lipinski definition) is 3. The minimum atomic E-state index is -0.822. The summed E-state index contributed by atoms with van der Waals surface area (Å²) >= 11 is 0. The fourth-order valence-corrected chi connectivity index (χ4v) is 1.40. The molecule has 0 aliphatic carbocycles. The van der Waals surface area contributed by atoms with Crippen molar-refractivity contribution in [1.82, 2.24) is 5.32 Å². The maximum absolute atomic E-state index is 11.9. The maximum Gasteiger partial charge on any atom is 0.256 e. The van der Waals surface area contributed by atoms with Gasteiger partial charge in [0.2, 0.25) is 0 Å². The van der Waals surface area contributed by atoms with Gasteiger partial charge in [0, 0.05) is 25.4 Å². The van der Waals surface area contributed by atoms with Crippen LogP contribution in [0, 0.1) is 0 Å². The number of benzene rings is 1. The first-order valence-electron chi connectivity index (χ1n) is 6.54. The molecule has 0 aliphatic heterocycles. The van der Waals surface area contributed by atoms with Crippen LogP contribution in [0.15, 0.2) is 24.3 Å². The second-order valence-electron chi connectivity index (χ2n) is 5.40. The lowest BCUT2D eigenvalue weighted by Crippen LogP contribution is -2.38. The van der Waals surface area contributed by atoms with Crippen molar-refractivity contribution in [3.8, 4) is 0 Å². The van der Waals surface area contributed by atoms with Crippen LogP contribution in [0.1, 0.15) is 33.3 Å². The summed E-state index contributed by atoms with van der Waals surface area (Å²) in [5.41, 5.74) is 1.15. The van der Waals surface area contributed by atoms with E-state index in [1.807, 2.05) is 24.3 Å². The van der Waals surface area contributed by atoms with E-state index in [-0.39, 0.29) is 5.91 Å². The SMILES string of the molecule is COC(C)(C)C(=O)Nc1ccc(CNC(C)C)cc1. The number of methoxy groups -OCH3 is 1. The zero-order valence-electron chi connectivity index (χ0n) is 12.4. The van der Waals surface area contributed by atoms with Gasteiger partial charge in [-0.3, -0.25) is 4.79 Å². The van der Waals surface area contributed by atoms with Gasteiger partial charge < -0.3 is 15.4 Å². The highest BCUT2D eigenvalue weighted by atomic mass is 16.5. The highest BCUT2D eigenvalue weighted by Gasteiger charge is 2.26. The molecule has 2 N–H and O–H groups in total. The Hall–Kier alpha value is -1.39. The molecule has 106 valence electrons. The molecule has 1 aromatic rings. The Morgan fingerprint density at radius 2 is 1.84 bits per heavy atom. The predicted molar refractivity (Wildman–Crippen MR) is 78.1 cm³/mol. The molecule has 19 heavy (non-hydrogen) atoms. The van der Waals surface area contributed by atoms with Crippen LogP contribution in [0.3, 0.4) is 0 Å². The lowest BCUT2D eigenvalue weighted by Gasteiger charge is -2.21. The van der Waals surface area contributed by atoms with Crippen molar-refractivity contribution in [1.29, 1.82) is 0 Å². The van der Waals surface area contributed by atoms with Crippen molar-refractivity contribution in [2.45, 2.75) is 45.9 Å². The van der Waals surface area contributed by atoms with Crippen LogP contribution in [-0.2, 0) is 16.1 Å². The van der Waals surface area contributed by atoms with Gasteiger partial charge in [-0.25, -0.2) is 0 Å². The van der Waals surface area contributed by atoms with Gasteiger partial charge in [-0.15, -0.1) is 0 Å². The van der Waals surface area contributed by atoms with E-state index in [1.165, 1.54) is 12.7 Å². The highest BCUT2D eigenvalue weighted by Crippen LogP contribution is 2.14. The van der Waals surface area contributed by atoms with Crippen molar-refractivity contribution < 1.29 is 9.53 Å². The Bertz CT molecular complexity index is 411. The number of hydrogen-bond donors (Lipinski definition) is 2. The average Bonchev–Trinajstić information content (AvgIpc) is 2.37. The van der Waals surface area contributed by atoms with E-state index in [0.29, 0.717) is 6.04 Å². The molecule has 0 fully saturated rings. The average molecular weight is 264 g/mol. The normalized spacial score (nSPS) is 11.7. The van der Waals surface area contributed by atoms with Gasteiger partial charge in [0.1, 0.15) is 5.60 Å². The molecule has 1 aromatic carbocycles. The van der Waals surface area contributed by atoms with Crippen molar-refractivity contribution in [3.05, 3.63) is 29.8 Å². The van der Waals surface area contributed by atoms with E-state index in [2.05, 4.69) is 24.5 Å². The first kappa shape index (κ1) is 15.7. The molecule has 4 heteroatoms. The lowest BCUT2D eigenvalue weighted by atomic mass is 10.1. The molecule has 0 aromatic heterocycles. The van der Waals surface area contributed by atoms with Crippen LogP contribution in [0.2, 0.25) is 0 Å².